The van der Waals surface area contributed by atoms with Crippen LogP contribution in [-0.4, -0.2) is 29.1 Å². The highest BCUT2D eigenvalue weighted by Gasteiger charge is 2.31. The molecule has 0 spiro atoms. The van der Waals surface area contributed by atoms with Crippen molar-refractivity contribution < 1.29 is 32.2 Å². The highest BCUT2D eigenvalue weighted by atomic mass is 19.4. The van der Waals surface area contributed by atoms with E-state index < -0.39 is 17.7 Å². The van der Waals surface area contributed by atoms with E-state index >= 15 is 0 Å². The maximum Gasteiger partial charge on any atom is 0.416 e. The molecule has 0 bridgehead atoms. The van der Waals surface area contributed by atoms with Gasteiger partial charge in [-0.25, -0.2) is 9.48 Å². The molecule has 1 heterocycles. The SMILES string of the molecule is COC(=O)c1nn(C)c(Oc2cccc(C(F)(F)F)c2)c1C=O. The van der Waals surface area contributed by atoms with Gasteiger partial charge in [0.15, 0.2) is 12.0 Å². The van der Waals surface area contributed by atoms with Crippen molar-refractivity contribution in [1.29, 1.82) is 0 Å². The lowest BCUT2D eigenvalue weighted by Gasteiger charge is -2.10. The molecule has 0 N–H and O–H groups in total. The third-order valence-electron chi connectivity index (χ3n) is 2.90. The summed E-state index contributed by atoms with van der Waals surface area (Å²) >= 11 is 0. The van der Waals surface area contributed by atoms with Crippen molar-refractivity contribution in [3.05, 3.63) is 41.1 Å². The summed E-state index contributed by atoms with van der Waals surface area (Å²) in [5.74, 6) is -1.18. The lowest BCUT2D eigenvalue weighted by molar-refractivity contribution is -0.137. The van der Waals surface area contributed by atoms with Crippen LogP contribution in [0.2, 0.25) is 0 Å². The quantitative estimate of drug-likeness (QED) is 0.637. The molecule has 0 fully saturated rings. The van der Waals surface area contributed by atoms with E-state index in [0.29, 0.717) is 6.29 Å². The first kappa shape index (κ1) is 16.5. The average Bonchev–Trinajstić information content (AvgIpc) is 2.82. The van der Waals surface area contributed by atoms with E-state index in [9.17, 15) is 22.8 Å². The predicted octanol–water partition coefficient (Wildman–Crippen LogP) is 2.83. The number of hydrogen-bond acceptors (Lipinski definition) is 5. The summed E-state index contributed by atoms with van der Waals surface area (Å²) in [5.41, 5.74) is -1.40. The van der Waals surface area contributed by atoms with Crippen LogP contribution in [0.5, 0.6) is 11.6 Å². The van der Waals surface area contributed by atoms with Crippen LogP contribution in [0.3, 0.4) is 0 Å². The van der Waals surface area contributed by atoms with Crippen LogP contribution in [-0.2, 0) is 18.0 Å². The van der Waals surface area contributed by atoms with Gasteiger partial charge in [0.2, 0.25) is 5.88 Å². The Morgan fingerprint density at radius 2 is 2.04 bits per heavy atom. The molecule has 0 radical (unpaired) electrons. The Morgan fingerprint density at radius 1 is 1.35 bits per heavy atom. The third kappa shape index (κ3) is 3.33. The fourth-order valence-corrected chi connectivity index (χ4v) is 1.85. The number of carbonyl (C=O) groups excluding carboxylic acids is 2. The minimum absolute atomic E-state index is 0.151. The summed E-state index contributed by atoms with van der Waals surface area (Å²) in [5, 5.41) is 3.78. The van der Waals surface area contributed by atoms with E-state index in [-0.39, 0.29) is 22.9 Å². The molecule has 2 aromatic rings. The van der Waals surface area contributed by atoms with E-state index in [0.717, 1.165) is 30.0 Å². The summed E-state index contributed by atoms with van der Waals surface area (Å²) in [4.78, 5) is 22.7. The number of benzene rings is 1. The number of methoxy groups -OCH3 is 1. The largest absolute Gasteiger partial charge is 0.464 e. The van der Waals surface area contributed by atoms with Gasteiger partial charge in [0.25, 0.3) is 0 Å². The Balaban J connectivity index is 2.43. The van der Waals surface area contributed by atoms with Gasteiger partial charge in [-0.3, -0.25) is 4.79 Å². The molecule has 0 aliphatic rings. The first-order chi connectivity index (χ1) is 10.8. The van der Waals surface area contributed by atoms with Crippen molar-refractivity contribution in [3.63, 3.8) is 0 Å². The molecule has 1 aromatic heterocycles. The lowest BCUT2D eigenvalue weighted by Crippen LogP contribution is -2.05. The standard InChI is InChI=1S/C14H11F3N2O4/c1-19-12(10(7-20)11(18-19)13(21)22-2)23-9-5-3-4-8(6-9)14(15,16)17/h3-7H,1-2H3. The molecular weight excluding hydrogens is 317 g/mol. The van der Waals surface area contributed by atoms with E-state index in [1.165, 1.54) is 13.1 Å². The van der Waals surface area contributed by atoms with Crippen LogP contribution in [0.1, 0.15) is 26.4 Å². The molecular formula is C14H11F3N2O4. The smallest absolute Gasteiger partial charge is 0.416 e. The van der Waals surface area contributed by atoms with Gasteiger partial charge < -0.3 is 9.47 Å². The lowest BCUT2D eigenvalue weighted by atomic mass is 10.2. The number of aromatic nitrogens is 2. The van der Waals surface area contributed by atoms with Crippen molar-refractivity contribution >= 4 is 12.3 Å². The van der Waals surface area contributed by atoms with Gasteiger partial charge in [0.05, 0.1) is 12.7 Å². The van der Waals surface area contributed by atoms with E-state index in [2.05, 4.69) is 9.84 Å². The Bertz CT molecular complexity index is 753. The zero-order chi connectivity index (χ0) is 17.2. The first-order valence-electron chi connectivity index (χ1n) is 6.23. The van der Waals surface area contributed by atoms with Gasteiger partial charge >= 0.3 is 12.1 Å². The van der Waals surface area contributed by atoms with Gasteiger partial charge in [0, 0.05) is 7.05 Å². The van der Waals surface area contributed by atoms with Crippen LogP contribution in [0.4, 0.5) is 13.2 Å². The number of halogens is 3. The second kappa shape index (κ2) is 6.11. The fraction of sp³-hybridized carbons (Fsp3) is 0.214. The topological polar surface area (TPSA) is 70.4 Å². The third-order valence-corrected chi connectivity index (χ3v) is 2.90. The highest BCUT2D eigenvalue weighted by molar-refractivity contribution is 5.98. The number of alkyl halides is 3. The van der Waals surface area contributed by atoms with Gasteiger partial charge in [-0.05, 0) is 18.2 Å². The van der Waals surface area contributed by atoms with Crippen molar-refractivity contribution in [2.45, 2.75) is 6.18 Å². The van der Waals surface area contributed by atoms with Crippen LogP contribution >= 0.6 is 0 Å². The van der Waals surface area contributed by atoms with Gasteiger partial charge in [-0.2, -0.15) is 18.3 Å². The number of aryl methyl sites for hydroxylation is 1. The molecule has 6 nitrogen and oxygen atoms in total. The number of hydrogen-bond donors (Lipinski definition) is 0. The van der Waals surface area contributed by atoms with Crippen LogP contribution < -0.4 is 4.74 Å². The second-order valence-corrected chi connectivity index (χ2v) is 4.43. The Kier molecular flexibility index (Phi) is 4.39. The molecule has 0 atom stereocenters. The first-order valence-corrected chi connectivity index (χ1v) is 6.23. The Labute approximate surface area is 128 Å². The normalized spacial score (nSPS) is 11.2. The second-order valence-electron chi connectivity index (χ2n) is 4.43. The number of ether oxygens (including phenoxy) is 2. The van der Waals surface area contributed by atoms with Gasteiger partial charge in [-0.15, -0.1) is 0 Å². The summed E-state index contributed by atoms with van der Waals surface area (Å²) < 4.78 is 48.9. The maximum atomic E-state index is 12.7. The number of rotatable bonds is 4. The molecule has 0 aliphatic heterocycles. The van der Waals surface area contributed by atoms with Crippen LogP contribution in [0, 0.1) is 0 Å². The molecule has 1 aromatic carbocycles. The van der Waals surface area contributed by atoms with E-state index in [1.807, 2.05) is 0 Å². The minimum Gasteiger partial charge on any atom is -0.464 e. The average molecular weight is 328 g/mol. The number of carbonyl (C=O) groups is 2. The summed E-state index contributed by atoms with van der Waals surface area (Å²) in [7, 11) is 2.49. The van der Waals surface area contributed by atoms with Gasteiger partial charge in [0.1, 0.15) is 11.3 Å². The predicted molar refractivity (Wildman–Crippen MR) is 71.5 cm³/mol. The Morgan fingerprint density at radius 3 is 2.61 bits per heavy atom. The summed E-state index contributed by atoms with van der Waals surface area (Å²) in [6.45, 7) is 0. The summed E-state index contributed by atoms with van der Waals surface area (Å²) in [6, 6.07) is 4.11. The molecule has 0 saturated carbocycles. The zero-order valence-corrected chi connectivity index (χ0v) is 12.0. The van der Waals surface area contributed by atoms with Crippen molar-refractivity contribution in [2.24, 2.45) is 7.05 Å². The molecule has 0 saturated heterocycles. The molecule has 0 aliphatic carbocycles. The van der Waals surface area contributed by atoms with Gasteiger partial charge in [-0.1, -0.05) is 6.07 Å². The number of aldehydes is 1. The Hall–Kier alpha value is -2.84. The number of esters is 1. The molecule has 0 amide bonds. The van der Waals surface area contributed by atoms with Crippen molar-refractivity contribution in [2.75, 3.05) is 7.11 Å². The van der Waals surface area contributed by atoms with E-state index in [1.54, 1.807) is 0 Å². The molecule has 0 unspecified atom stereocenters. The zero-order valence-electron chi connectivity index (χ0n) is 12.0. The highest BCUT2D eigenvalue weighted by Crippen LogP contribution is 2.33. The maximum absolute atomic E-state index is 12.7. The van der Waals surface area contributed by atoms with Crippen molar-refractivity contribution in [1.82, 2.24) is 9.78 Å². The van der Waals surface area contributed by atoms with Crippen molar-refractivity contribution in [3.8, 4) is 11.6 Å². The minimum atomic E-state index is -4.53. The molecule has 23 heavy (non-hydrogen) atoms. The van der Waals surface area contributed by atoms with Crippen LogP contribution in [0.15, 0.2) is 24.3 Å². The molecule has 2 rings (SSSR count). The van der Waals surface area contributed by atoms with E-state index in [4.69, 9.17) is 4.74 Å². The van der Waals surface area contributed by atoms with Crippen LogP contribution in [0.25, 0.3) is 0 Å². The summed E-state index contributed by atoms with van der Waals surface area (Å²) in [6.07, 6.45) is -4.21. The number of nitrogens with zero attached hydrogens (tertiary/aromatic N) is 2. The monoisotopic (exact) mass is 328 g/mol. The molecule has 9 heteroatoms. The fourth-order valence-electron chi connectivity index (χ4n) is 1.85. The molecule has 122 valence electrons.